The van der Waals surface area contributed by atoms with E-state index in [1.54, 1.807) is 18.2 Å². The molecule has 2 unspecified atom stereocenters. The van der Waals surface area contributed by atoms with Crippen LogP contribution in [0.25, 0.3) is 0 Å². The van der Waals surface area contributed by atoms with E-state index >= 15 is 0 Å². The Labute approximate surface area is 312 Å². The van der Waals surface area contributed by atoms with Crippen molar-refractivity contribution in [2.75, 3.05) is 19.0 Å². The van der Waals surface area contributed by atoms with Crippen molar-refractivity contribution in [1.82, 2.24) is 0 Å². The molecule has 0 spiro atoms. The maximum atomic E-state index is 12.1. The van der Waals surface area contributed by atoms with Crippen LogP contribution in [0.4, 0.5) is 13.2 Å². The Hall–Kier alpha value is -3.92. The second-order valence-electron chi connectivity index (χ2n) is 12.6. The lowest BCUT2D eigenvalue weighted by atomic mass is 10.1. The highest BCUT2D eigenvalue weighted by atomic mass is 32.2. The van der Waals surface area contributed by atoms with Gasteiger partial charge in [-0.05, 0) is 57.6 Å². The average Bonchev–Trinajstić information content (AvgIpc) is 3.11. The lowest BCUT2D eigenvalue weighted by Crippen LogP contribution is -2.51. The molecule has 0 heterocycles. The number of benzene rings is 2. The molecule has 0 aliphatic heterocycles. The highest BCUT2D eigenvalue weighted by Crippen LogP contribution is 2.24. The smallest absolute Gasteiger partial charge is 0.414 e. The third kappa shape index (κ3) is 21.4. The molecule has 10 nitrogen and oxygen atoms in total. The molecular weight excluding hydrogens is 734 g/mol. The molecule has 0 aromatic heterocycles. The maximum Gasteiger partial charge on any atom is 0.414 e. The van der Waals surface area contributed by atoms with Crippen LogP contribution in [-0.2, 0) is 38.5 Å². The molecule has 0 radical (unpaired) electrons. The first-order valence-electron chi connectivity index (χ1n) is 17.1. The van der Waals surface area contributed by atoms with Gasteiger partial charge < -0.3 is 29.3 Å². The number of halogens is 3. The fourth-order valence-corrected chi connectivity index (χ4v) is 6.94. The van der Waals surface area contributed by atoms with Crippen molar-refractivity contribution in [3.8, 4) is 0 Å². The Morgan fingerprint density at radius 2 is 1.21 bits per heavy atom. The molecule has 0 aliphatic carbocycles. The van der Waals surface area contributed by atoms with Gasteiger partial charge in [0.2, 0.25) is 0 Å². The van der Waals surface area contributed by atoms with E-state index in [1.807, 2.05) is 25.1 Å². The molecule has 15 heteroatoms. The zero-order chi connectivity index (χ0) is 40.5. The van der Waals surface area contributed by atoms with Crippen molar-refractivity contribution in [2.24, 2.45) is 0 Å². The van der Waals surface area contributed by atoms with E-state index in [0.29, 0.717) is 38.5 Å². The maximum absolute atomic E-state index is 12.1. The Morgan fingerprint density at radius 3 is 1.62 bits per heavy atom. The number of esters is 2. The van der Waals surface area contributed by atoms with Crippen molar-refractivity contribution in [3.05, 3.63) is 85.0 Å². The van der Waals surface area contributed by atoms with Gasteiger partial charge in [0, 0.05) is 36.1 Å². The van der Waals surface area contributed by atoms with Crippen LogP contribution in [0.3, 0.4) is 0 Å². The molecule has 0 bridgehead atoms. The zero-order valence-electron chi connectivity index (χ0n) is 30.7. The van der Waals surface area contributed by atoms with Crippen molar-refractivity contribution in [3.63, 3.8) is 0 Å². The van der Waals surface area contributed by atoms with Gasteiger partial charge in [-0.25, -0.2) is 18.0 Å². The number of hydrogen-bond donors (Lipinski definition) is 2. The summed E-state index contributed by atoms with van der Waals surface area (Å²) in [6.07, 6.45) is -1.68. The monoisotopic (exact) mass is 786 g/mol. The molecule has 53 heavy (non-hydrogen) atoms. The molecule has 0 saturated heterocycles. The van der Waals surface area contributed by atoms with Gasteiger partial charge in [0.05, 0.1) is 23.9 Å². The van der Waals surface area contributed by atoms with Crippen LogP contribution >= 0.6 is 0 Å². The molecule has 0 fully saturated rings. The van der Waals surface area contributed by atoms with Crippen molar-refractivity contribution in [2.45, 2.75) is 101 Å². The molecule has 2 aromatic rings. The summed E-state index contributed by atoms with van der Waals surface area (Å²) in [6, 6.07) is 18.2. The third-order valence-corrected chi connectivity index (χ3v) is 13.5. The number of ether oxygens (including phenoxy) is 2. The van der Waals surface area contributed by atoms with Crippen LogP contribution in [0.5, 0.6) is 0 Å². The van der Waals surface area contributed by atoms with Crippen molar-refractivity contribution < 1.29 is 60.5 Å². The molecule has 2 atom stereocenters. The first-order chi connectivity index (χ1) is 24.8. The molecule has 296 valence electrons. The molecular formula is C38H53F3O10SSi. The molecule has 2 N–H and O–H groups in total. The summed E-state index contributed by atoms with van der Waals surface area (Å²) in [5.41, 5.74) is -0.686. The second-order valence-corrected chi connectivity index (χ2v) is 19.5. The average molecular weight is 787 g/mol. The quantitative estimate of drug-likeness (QED) is 0.0505. The Balaban J connectivity index is 0.000000797. The number of aliphatic hydroxyl groups excluding tert-OH is 2. The van der Waals surface area contributed by atoms with Crippen LogP contribution in [0.1, 0.15) is 64.7 Å². The van der Waals surface area contributed by atoms with Gasteiger partial charge >= 0.3 is 18.1 Å². The van der Waals surface area contributed by atoms with Gasteiger partial charge in [-0.3, -0.25) is 0 Å². The summed E-state index contributed by atoms with van der Waals surface area (Å²) < 4.78 is 69.9. The minimum Gasteiger partial charge on any atom is -0.462 e. The Kier molecular flexibility index (Phi) is 24.0. The number of alkyl halides is 3. The number of carbonyl (C=O) groups excluding carboxylic acids is 4. The summed E-state index contributed by atoms with van der Waals surface area (Å²) in [7, 11) is -5.19. The summed E-state index contributed by atoms with van der Waals surface area (Å²) in [6.45, 7) is 13.2. The van der Waals surface area contributed by atoms with E-state index in [4.69, 9.17) is 14.6 Å². The molecule has 0 saturated carbocycles. The van der Waals surface area contributed by atoms with Crippen molar-refractivity contribution in [1.29, 1.82) is 0 Å². The van der Waals surface area contributed by atoms with Gasteiger partial charge in [0.15, 0.2) is 15.9 Å². The first kappa shape index (κ1) is 49.1. The van der Waals surface area contributed by atoms with E-state index in [2.05, 4.69) is 38.4 Å². The van der Waals surface area contributed by atoms with Crippen LogP contribution in [0, 0.1) is 0 Å². The van der Waals surface area contributed by atoms with Gasteiger partial charge in [0.1, 0.15) is 20.6 Å². The summed E-state index contributed by atoms with van der Waals surface area (Å²) in [5.74, 6) is -2.10. The second kappa shape index (κ2) is 26.0. The number of aldehydes is 2. The largest absolute Gasteiger partial charge is 0.462 e. The third-order valence-electron chi connectivity index (χ3n) is 7.82. The molecule has 2 rings (SSSR count). The van der Waals surface area contributed by atoms with E-state index in [-0.39, 0.29) is 29.4 Å². The van der Waals surface area contributed by atoms with Gasteiger partial charge in [0.25, 0.3) is 0 Å². The minimum atomic E-state index is -4.78. The predicted octanol–water partition coefficient (Wildman–Crippen LogP) is 6.00. The standard InChI is InChI=1S/C16H20O5S.C12H17F3O4.C10H16OSi/c1-14(16(18)21-12-8-3-2-7-11-17)13-22(19,20)15-9-5-4-6-10-15;1-9(8-10(17)12(13,14)15)11(18)19-7-5-3-2-4-6-16;1-9(11)12(2,3)10-7-5-4-6-8-10/h4-6,9-11H,1-3,7-8,12-13H2;6,10,17H,1-5,7-8H2;4-9,11H,1-3H3. The van der Waals surface area contributed by atoms with Gasteiger partial charge in [-0.1, -0.05) is 80.0 Å². The number of sulfone groups is 1. The SMILES string of the molecule is C=C(CC(O)C(F)(F)F)C(=O)OCCCCCC=O.C=C(CS(=O)(=O)c1ccccc1)C(=O)OCCCCCC=O.CC(O)[Si](C)(C)c1ccccc1. The number of hydrogen-bond acceptors (Lipinski definition) is 10. The van der Waals surface area contributed by atoms with Crippen LogP contribution in [-0.4, -0.2) is 88.2 Å². The van der Waals surface area contributed by atoms with Crippen LogP contribution in [0.15, 0.2) is 89.9 Å². The minimum absolute atomic E-state index is 0.0544. The number of carbonyl (C=O) groups is 4. The highest BCUT2D eigenvalue weighted by Gasteiger charge is 2.39. The van der Waals surface area contributed by atoms with E-state index in [0.717, 1.165) is 25.4 Å². The van der Waals surface area contributed by atoms with Gasteiger partial charge in [-0.2, -0.15) is 13.2 Å². The number of aliphatic hydroxyl groups is 2. The topological polar surface area (TPSA) is 161 Å². The molecule has 2 aromatic carbocycles. The Bertz CT molecular complexity index is 1510. The van der Waals surface area contributed by atoms with Gasteiger partial charge in [-0.15, -0.1) is 0 Å². The van der Waals surface area contributed by atoms with Crippen LogP contribution in [0.2, 0.25) is 13.1 Å². The highest BCUT2D eigenvalue weighted by molar-refractivity contribution is 7.91. The first-order valence-corrected chi connectivity index (χ1v) is 21.9. The predicted molar refractivity (Wildman–Crippen MR) is 200 cm³/mol. The van der Waals surface area contributed by atoms with E-state index in [1.165, 1.54) is 17.3 Å². The number of unbranched alkanes of at least 4 members (excludes halogenated alkanes) is 6. The number of rotatable bonds is 21. The summed E-state index contributed by atoms with van der Waals surface area (Å²) in [5, 5.41) is 19.7. The lowest BCUT2D eigenvalue weighted by molar-refractivity contribution is -0.203. The Morgan fingerprint density at radius 1 is 0.774 bits per heavy atom. The normalized spacial score (nSPS) is 12.4. The van der Waals surface area contributed by atoms with Crippen LogP contribution < -0.4 is 5.19 Å². The summed E-state index contributed by atoms with van der Waals surface area (Å²) >= 11 is 0. The van der Waals surface area contributed by atoms with E-state index in [9.17, 15) is 45.9 Å². The fourth-order valence-electron chi connectivity index (χ4n) is 4.09. The molecule has 0 aliphatic rings. The molecule has 0 amide bonds. The van der Waals surface area contributed by atoms with E-state index < -0.39 is 59.9 Å². The zero-order valence-corrected chi connectivity index (χ0v) is 32.5. The fraction of sp³-hybridized carbons (Fsp3) is 0.474. The lowest BCUT2D eigenvalue weighted by Gasteiger charge is -2.25. The summed E-state index contributed by atoms with van der Waals surface area (Å²) in [4.78, 5) is 43.2. The van der Waals surface area contributed by atoms with Crippen molar-refractivity contribution >= 4 is 47.6 Å².